The monoisotopic (exact) mass is 667 g/mol. The molecule has 3 heterocycles. The number of methoxy groups -OCH3 is 1. The van der Waals surface area contributed by atoms with E-state index in [1.807, 2.05) is 6.29 Å². The fraction of sp³-hybridized carbons (Fsp3) is 0.346. The molecule has 2 N–H and O–H groups in total. The van der Waals surface area contributed by atoms with E-state index in [0.717, 1.165) is 6.20 Å². The van der Waals surface area contributed by atoms with Gasteiger partial charge in [0, 0.05) is 17.5 Å². The van der Waals surface area contributed by atoms with Gasteiger partial charge in [0.2, 0.25) is 0 Å². The number of ether oxygens (including phenoxy) is 3. The van der Waals surface area contributed by atoms with E-state index in [-0.39, 0.29) is 50.8 Å². The first-order chi connectivity index (χ1) is 17.1. The Morgan fingerprint density at radius 2 is 2.14 bits per heavy atom. The summed E-state index contributed by atoms with van der Waals surface area (Å²) in [7, 11) is 1.36. The molecule has 4 rings (SSSR count). The van der Waals surface area contributed by atoms with Crippen molar-refractivity contribution in [3.8, 4) is 17.0 Å². The van der Waals surface area contributed by atoms with E-state index in [4.69, 9.17) is 14.2 Å². The number of hydrogen-bond acceptors (Lipinski definition) is 6. The molecule has 1 aromatic carbocycles. The summed E-state index contributed by atoms with van der Waals surface area (Å²) in [5.74, 6) is -1.25. The van der Waals surface area contributed by atoms with Crippen LogP contribution in [0.2, 0.25) is 0 Å². The van der Waals surface area contributed by atoms with Crippen LogP contribution < -0.4 is 10.1 Å². The molecule has 0 radical (unpaired) electrons. The molecule has 36 heavy (non-hydrogen) atoms. The zero-order valence-corrected chi connectivity index (χ0v) is 22.7. The Labute approximate surface area is 223 Å². The molecule has 1 fully saturated rings. The maximum Gasteiger partial charge on any atom is 2.00 e. The molecule has 1 aliphatic rings. The molecule has 0 aliphatic carbocycles. The van der Waals surface area contributed by atoms with Gasteiger partial charge in [0.15, 0.2) is 17.4 Å². The largest absolute Gasteiger partial charge is 2.00 e. The van der Waals surface area contributed by atoms with Crippen LogP contribution in [0.15, 0.2) is 36.7 Å². The Balaban J connectivity index is 0.00000361. The zero-order valence-electron chi connectivity index (χ0n) is 19.8. The second kappa shape index (κ2) is 13.1. The molecule has 10 heteroatoms. The molecular weight excluding hydrogens is 640 g/mol. The predicted octanol–water partition coefficient (Wildman–Crippen LogP) is 4.87. The van der Waals surface area contributed by atoms with Crippen LogP contribution in [0.1, 0.15) is 30.0 Å². The summed E-state index contributed by atoms with van der Waals surface area (Å²) in [5, 5.41) is 3.18. The third-order valence-corrected chi connectivity index (χ3v) is 6.05. The van der Waals surface area contributed by atoms with E-state index < -0.39 is 11.6 Å². The van der Waals surface area contributed by atoms with Crippen LogP contribution in [-0.2, 0) is 41.8 Å². The maximum atomic E-state index is 14.9. The Bertz CT molecular complexity index is 1170. The van der Waals surface area contributed by atoms with Crippen molar-refractivity contribution in [3.05, 3.63) is 66.5 Å². The van der Waals surface area contributed by atoms with Crippen LogP contribution in [0, 0.1) is 18.6 Å². The Hall–Kier alpha value is -2.61. The van der Waals surface area contributed by atoms with Gasteiger partial charge in [-0.15, -0.1) is 6.42 Å². The van der Waals surface area contributed by atoms with E-state index in [0.29, 0.717) is 61.0 Å². The number of halogens is 2. The van der Waals surface area contributed by atoms with E-state index in [1.165, 1.54) is 31.5 Å². The number of para-hydroxylation sites is 1. The van der Waals surface area contributed by atoms with Gasteiger partial charge in [0.1, 0.15) is 0 Å². The van der Waals surface area contributed by atoms with Gasteiger partial charge in [-0.2, -0.15) is 6.42 Å². The van der Waals surface area contributed by atoms with Gasteiger partial charge < -0.3 is 36.2 Å². The first kappa shape index (κ1) is 28.0. The second-order valence-corrected chi connectivity index (χ2v) is 8.18. The number of nitrogens with one attached hydrogen (secondary N) is 2. The summed E-state index contributed by atoms with van der Waals surface area (Å²) in [6, 6.07) is 5.98. The number of carbonyl (C=O) groups excluding carboxylic acids is 1. The number of aromatic nitrogens is 2. The minimum absolute atomic E-state index is 0. The first-order valence-corrected chi connectivity index (χ1v) is 11.3. The van der Waals surface area contributed by atoms with Crippen molar-refractivity contribution in [1.82, 2.24) is 9.97 Å². The zero-order chi connectivity index (χ0) is 24.8. The molecule has 0 spiro atoms. The van der Waals surface area contributed by atoms with Gasteiger partial charge in [0.05, 0.1) is 56.3 Å². The van der Waals surface area contributed by atoms with Crippen molar-refractivity contribution in [2.24, 2.45) is 0 Å². The molecule has 2 aromatic heterocycles. The summed E-state index contributed by atoms with van der Waals surface area (Å²) >= 11 is 0. The van der Waals surface area contributed by atoms with Crippen molar-refractivity contribution in [2.45, 2.75) is 31.3 Å². The van der Waals surface area contributed by atoms with Gasteiger partial charge >= 0.3 is 21.1 Å². The normalized spacial score (nSPS) is 16.2. The maximum absolute atomic E-state index is 14.9. The van der Waals surface area contributed by atoms with Crippen LogP contribution in [0.5, 0.6) is 5.75 Å². The molecule has 0 amide bonds. The average molecular weight is 667 g/mol. The van der Waals surface area contributed by atoms with E-state index >= 15 is 0 Å². The Morgan fingerprint density at radius 1 is 1.31 bits per heavy atom. The summed E-state index contributed by atoms with van der Waals surface area (Å²) in [5.41, 5.74) is 2.70. The van der Waals surface area contributed by atoms with E-state index in [9.17, 15) is 13.6 Å². The molecule has 190 valence electrons. The second-order valence-electron chi connectivity index (χ2n) is 8.18. The van der Waals surface area contributed by atoms with Crippen LogP contribution in [0.25, 0.3) is 11.3 Å². The number of hydrogen-bond donors (Lipinski definition) is 2. The molecular formula is C26H27F2N3O4W. The van der Waals surface area contributed by atoms with E-state index in [2.05, 4.69) is 22.2 Å². The minimum atomic E-state index is -0.557. The number of rotatable bonds is 10. The van der Waals surface area contributed by atoms with Crippen molar-refractivity contribution >= 4 is 17.7 Å². The molecule has 7 nitrogen and oxygen atoms in total. The van der Waals surface area contributed by atoms with Crippen LogP contribution in [0.3, 0.4) is 0 Å². The summed E-state index contributed by atoms with van der Waals surface area (Å²) in [6.07, 6.45) is 5.42. The smallest absolute Gasteiger partial charge is 0.541 e. The third kappa shape index (κ3) is 6.02. The van der Waals surface area contributed by atoms with Crippen LogP contribution in [0.4, 0.5) is 20.2 Å². The molecule has 0 bridgehead atoms. The van der Waals surface area contributed by atoms with Crippen molar-refractivity contribution in [3.63, 3.8) is 0 Å². The van der Waals surface area contributed by atoms with Gasteiger partial charge in [-0.05, 0) is 36.1 Å². The average Bonchev–Trinajstić information content (AvgIpc) is 3.21. The summed E-state index contributed by atoms with van der Waals surface area (Å²) < 4.78 is 45.9. The SMILES string of the molecule is [CH2-]C[C@@H](C[C@@H]1COCCO1)c1[nH]c(-c2ccncc2F)c(Nc2cccc(F)c2OC)c1C[C-]=O.[W+2]. The summed E-state index contributed by atoms with van der Waals surface area (Å²) in [6.45, 7) is 5.61. The van der Waals surface area contributed by atoms with Crippen LogP contribution >= 0.6 is 0 Å². The van der Waals surface area contributed by atoms with Gasteiger partial charge in [0.25, 0.3) is 0 Å². The number of aromatic amines is 1. The topological polar surface area (TPSA) is 85.5 Å². The molecule has 2 atom stereocenters. The van der Waals surface area contributed by atoms with E-state index in [1.54, 1.807) is 6.07 Å². The summed E-state index contributed by atoms with van der Waals surface area (Å²) in [4.78, 5) is 18.8. The Morgan fingerprint density at radius 3 is 2.81 bits per heavy atom. The fourth-order valence-corrected chi connectivity index (χ4v) is 4.40. The van der Waals surface area contributed by atoms with Gasteiger partial charge in [-0.1, -0.05) is 6.07 Å². The van der Waals surface area contributed by atoms with Crippen molar-refractivity contribution < 1.29 is 48.9 Å². The predicted molar refractivity (Wildman–Crippen MR) is 128 cm³/mol. The number of anilines is 2. The fourth-order valence-electron chi connectivity index (χ4n) is 4.40. The third-order valence-electron chi connectivity index (χ3n) is 6.05. The molecule has 1 aliphatic heterocycles. The molecule has 0 unspecified atom stereocenters. The van der Waals surface area contributed by atoms with Crippen molar-refractivity contribution in [1.29, 1.82) is 0 Å². The van der Waals surface area contributed by atoms with Gasteiger partial charge in [-0.3, -0.25) is 11.3 Å². The standard InChI is InChI=1S/C26H27F2N3O4.W/c1-3-16(13-17-15-34-11-12-35-17)23-19(8-10-32)25(24(31-23)18-7-9-29-14-21(18)28)30-22-6-4-5-20(27)26(22)33-2;/h4-7,9,14,16-17,30-31H,1,3,8,11-13,15H2,2H3;/q-2;+2/t16-,17+;/m0./s1. The van der Waals surface area contributed by atoms with Crippen molar-refractivity contribution in [2.75, 3.05) is 32.2 Å². The first-order valence-electron chi connectivity index (χ1n) is 11.3. The molecule has 0 saturated carbocycles. The quantitative estimate of drug-likeness (QED) is 0.301. The number of benzene rings is 1. The van der Waals surface area contributed by atoms with Crippen LogP contribution in [-0.4, -0.2) is 49.3 Å². The molecule has 3 aromatic rings. The minimum Gasteiger partial charge on any atom is -0.541 e. The number of pyridine rings is 1. The van der Waals surface area contributed by atoms with Gasteiger partial charge in [-0.25, -0.2) is 8.78 Å². The molecule has 1 saturated heterocycles. The Kier molecular flexibility index (Phi) is 10.2. The number of nitrogens with zero attached hydrogens (tertiary/aromatic N) is 1. The number of H-pyrrole nitrogens is 1.